The van der Waals surface area contributed by atoms with E-state index in [9.17, 15) is 14.4 Å². The van der Waals surface area contributed by atoms with Gasteiger partial charge in [-0.15, -0.1) is 0 Å². The maximum Gasteiger partial charge on any atom is 0.295 e. The van der Waals surface area contributed by atoms with Crippen molar-refractivity contribution < 1.29 is 23.9 Å². The highest BCUT2D eigenvalue weighted by atomic mass is 19.1. The number of carbonyl (C=O) groups excluding carboxylic acids is 3. The maximum absolute atomic E-state index is 15.0. The third-order valence-electron chi connectivity index (χ3n) is 7.28. The van der Waals surface area contributed by atoms with Crippen molar-refractivity contribution in [2.24, 2.45) is 10.2 Å². The van der Waals surface area contributed by atoms with E-state index in [-0.39, 0.29) is 52.7 Å². The topological polar surface area (TPSA) is 172 Å². The first-order valence-electron chi connectivity index (χ1n) is 13.3. The number of piperazine rings is 1. The first-order valence-corrected chi connectivity index (χ1v) is 13.3. The van der Waals surface area contributed by atoms with Gasteiger partial charge in [0.1, 0.15) is 17.1 Å². The quantitative estimate of drug-likeness (QED) is 0.180. The Labute approximate surface area is 238 Å². The van der Waals surface area contributed by atoms with Crippen LogP contribution in [-0.2, 0) is 4.79 Å². The Hall–Kier alpha value is -5.08. The molecule has 4 N–H and O–H groups in total. The summed E-state index contributed by atoms with van der Waals surface area (Å²) >= 11 is 0. The Bertz CT molecular complexity index is 1720. The number of halogens is 1. The van der Waals surface area contributed by atoms with Crippen molar-refractivity contribution in [1.82, 2.24) is 35.3 Å². The van der Waals surface area contributed by atoms with Crippen LogP contribution in [0.25, 0.3) is 22.3 Å². The molecule has 0 radical (unpaired) electrons. The zero-order chi connectivity index (χ0) is 29.2. The molecule has 6 rings (SSSR count). The van der Waals surface area contributed by atoms with Crippen molar-refractivity contribution in [2.75, 3.05) is 39.3 Å². The standard InChI is InChI=1S/C28H26FN9O4/c29-18-14-32-24(19-12-20(35-34-19)27(41)30-6-11-39)25-22(18)17(13-31-25)26(40)28(42)38-9-7-37(8-10-38)21-15-33-36-23(21)16-4-2-1-3-5-16/h1-5,12-15,21,31,39H,6-11H2,(H,30,41)(H,34,35). The summed E-state index contributed by atoms with van der Waals surface area (Å²) in [6.45, 7) is 1.47. The molecule has 2 aliphatic heterocycles. The van der Waals surface area contributed by atoms with Gasteiger partial charge in [-0.25, -0.2) is 9.37 Å². The van der Waals surface area contributed by atoms with Gasteiger partial charge in [0.05, 0.1) is 47.2 Å². The number of ketones is 1. The molecular weight excluding hydrogens is 545 g/mol. The first kappa shape index (κ1) is 27.1. The molecule has 0 spiro atoms. The number of fused-ring (bicyclic) bond motifs is 1. The average molecular weight is 572 g/mol. The lowest BCUT2D eigenvalue weighted by Crippen LogP contribution is -2.55. The van der Waals surface area contributed by atoms with Gasteiger partial charge in [-0.1, -0.05) is 30.3 Å². The number of rotatable bonds is 8. The van der Waals surface area contributed by atoms with Crippen LogP contribution in [0.3, 0.4) is 0 Å². The van der Waals surface area contributed by atoms with E-state index < -0.39 is 23.4 Å². The number of amides is 2. The number of aliphatic hydroxyl groups excluding tert-OH is 1. The fourth-order valence-electron chi connectivity index (χ4n) is 5.16. The van der Waals surface area contributed by atoms with Crippen LogP contribution in [0, 0.1) is 5.82 Å². The van der Waals surface area contributed by atoms with E-state index in [1.54, 1.807) is 6.21 Å². The van der Waals surface area contributed by atoms with Crippen LogP contribution >= 0.6 is 0 Å². The van der Waals surface area contributed by atoms with Crippen molar-refractivity contribution in [2.45, 2.75) is 6.04 Å². The highest BCUT2D eigenvalue weighted by molar-refractivity contribution is 6.45. The van der Waals surface area contributed by atoms with Gasteiger partial charge in [0.25, 0.3) is 17.6 Å². The number of pyridine rings is 1. The maximum atomic E-state index is 15.0. The van der Waals surface area contributed by atoms with E-state index in [0.29, 0.717) is 26.2 Å². The molecule has 1 fully saturated rings. The number of aromatic nitrogens is 4. The summed E-state index contributed by atoms with van der Waals surface area (Å²) < 4.78 is 15.0. The summed E-state index contributed by atoms with van der Waals surface area (Å²) in [7, 11) is 0. The molecule has 13 nitrogen and oxygen atoms in total. The third kappa shape index (κ3) is 4.97. The molecule has 0 saturated carbocycles. The smallest absolute Gasteiger partial charge is 0.295 e. The number of nitrogens with zero attached hydrogens (tertiary/aromatic N) is 6. The number of hydrogen-bond acceptors (Lipinski definition) is 9. The molecule has 2 amide bonds. The molecule has 3 aromatic heterocycles. The van der Waals surface area contributed by atoms with Gasteiger partial charge in [0, 0.05) is 38.9 Å². The average Bonchev–Trinajstić information content (AvgIpc) is 3.80. The summed E-state index contributed by atoms with van der Waals surface area (Å²) in [5.74, 6) is -2.84. The van der Waals surface area contributed by atoms with Crippen LogP contribution in [-0.4, -0.2) is 110 Å². The lowest BCUT2D eigenvalue weighted by molar-refractivity contribution is -0.128. The van der Waals surface area contributed by atoms with Gasteiger partial charge in [-0.2, -0.15) is 15.3 Å². The minimum atomic E-state index is -0.842. The van der Waals surface area contributed by atoms with Crippen LogP contribution in [0.4, 0.5) is 4.39 Å². The van der Waals surface area contributed by atoms with Crippen LogP contribution in [0.1, 0.15) is 26.4 Å². The van der Waals surface area contributed by atoms with E-state index in [2.05, 4.69) is 40.6 Å². The lowest BCUT2D eigenvalue weighted by Gasteiger charge is -2.37. The van der Waals surface area contributed by atoms with Crippen molar-refractivity contribution in [3.63, 3.8) is 0 Å². The molecule has 42 heavy (non-hydrogen) atoms. The van der Waals surface area contributed by atoms with Gasteiger partial charge < -0.3 is 20.3 Å². The molecule has 5 heterocycles. The summed E-state index contributed by atoms with van der Waals surface area (Å²) in [6.07, 6.45) is 4.00. The Balaban J connectivity index is 1.17. The first-order chi connectivity index (χ1) is 20.5. The second-order valence-electron chi connectivity index (χ2n) is 9.77. The molecule has 214 valence electrons. The molecule has 1 unspecified atom stereocenters. The second kappa shape index (κ2) is 11.4. The van der Waals surface area contributed by atoms with Crippen molar-refractivity contribution in [3.05, 3.63) is 71.4 Å². The van der Waals surface area contributed by atoms with E-state index in [0.717, 1.165) is 17.5 Å². The second-order valence-corrected chi connectivity index (χ2v) is 9.77. The molecule has 1 saturated heterocycles. The predicted octanol–water partition coefficient (Wildman–Crippen LogP) is 0.998. The minimum Gasteiger partial charge on any atom is -0.395 e. The molecular formula is C28H26FN9O4. The molecule has 1 atom stereocenters. The van der Waals surface area contributed by atoms with E-state index >= 15 is 4.39 Å². The summed E-state index contributed by atoms with van der Waals surface area (Å²) in [6, 6.07) is 11.0. The SMILES string of the molecule is O=C(NCCO)c1cc(-c2ncc(F)c3c(C(=O)C(=O)N4CCN(C5C=NN=C5c5ccccc5)CC4)c[nH]c23)n[nH]1. The minimum absolute atomic E-state index is 0.0647. The fourth-order valence-corrected chi connectivity index (χ4v) is 5.16. The van der Waals surface area contributed by atoms with Gasteiger partial charge in [-0.05, 0) is 11.6 Å². The number of hydrogen-bond donors (Lipinski definition) is 4. The van der Waals surface area contributed by atoms with Gasteiger partial charge in [0.2, 0.25) is 0 Å². The lowest BCUT2D eigenvalue weighted by atomic mass is 10.0. The number of aromatic amines is 2. The Morgan fingerprint density at radius 3 is 2.67 bits per heavy atom. The van der Waals surface area contributed by atoms with Crippen molar-refractivity contribution in [1.29, 1.82) is 0 Å². The predicted molar refractivity (Wildman–Crippen MR) is 151 cm³/mol. The van der Waals surface area contributed by atoms with Crippen LogP contribution < -0.4 is 5.32 Å². The molecule has 1 aromatic carbocycles. The number of carbonyl (C=O) groups is 3. The molecule has 0 bridgehead atoms. The van der Waals surface area contributed by atoms with Gasteiger partial charge >= 0.3 is 0 Å². The Kier molecular flexibility index (Phi) is 7.37. The number of aliphatic hydroxyl groups is 1. The number of nitrogens with one attached hydrogen (secondary N) is 3. The van der Waals surface area contributed by atoms with E-state index in [1.807, 2.05) is 30.3 Å². The fraction of sp³-hybridized carbons (Fsp3) is 0.250. The van der Waals surface area contributed by atoms with Gasteiger partial charge in [0.15, 0.2) is 5.82 Å². The monoisotopic (exact) mass is 571 g/mol. The third-order valence-corrected chi connectivity index (χ3v) is 7.28. The van der Waals surface area contributed by atoms with Gasteiger partial charge in [-0.3, -0.25) is 24.4 Å². The molecule has 4 aromatic rings. The summed E-state index contributed by atoms with van der Waals surface area (Å²) in [5, 5.41) is 26.4. The molecule has 0 aliphatic carbocycles. The van der Waals surface area contributed by atoms with Crippen LogP contribution in [0.15, 0.2) is 59.0 Å². The Morgan fingerprint density at radius 2 is 1.90 bits per heavy atom. The largest absolute Gasteiger partial charge is 0.395 e. The number of benzene rings is 1. The van der Waals surface area contributed by atoms with Crippen LogP contribution in [0.2, 0.25) is 0 Å². The van der Waals surface area contributed by atoms with E-state index in [1.165, 1.54) is 17.2 Å². The van der Waals surface area contributed by atoms with E-state index in [4.69, 9.17) is 5.11 Å². The Morgan fingerprint density at radius 1 is 1.12 bits per heavy atom. The normalized spacial score (nSPS) is 17.0. The highest BCUT2D eigenvalue weighted by Gasteiger charge is 2.34. The zero-order valence-electron chi connectivity index (χ0n) is 22.2. The zero-order valence-corrected chi connectivity index (χ0v) is 22.2. The van der Waals surface area contributed by atoms with Crippen molar-refractivity contribution in [3.8, 4) is 11.4 Å². The van der Waals surface area contributed by atoms with Crippen LogP contribution in [0.5, 0.6) is 0 Å². The number of Topliss-reactive ketones (excluding diaryl/α,β-unsaturated/α-hetero) is 1. The summed E-state index contributed by atoms with van der Waals surface area (Å²) in [4.78, 5) is 49.4. The van der Waals surface area contributed by atoms with Crippen molar-refractivity contribution >= 4 is 40.4 Å². The molecule has 14 heteroatoms. The highest BCUT2D eigenvalue weighted by Crippen LogP contribution is 2.30. The molecule has 2 aliphatic rings. The summed E-state index contributed by atoms with van der Waals surface area (Å²) in [5.41, 5.74) is 2.39. The number of H-pyrrole nitrogens is 2.